The summed E-state index contributed by atoms with van der Waals surface area (Å²) in [5.74, 6) is 0. The molecular weight excluding hydrogens is 673 g/mol. The average molecular weight is 709 g/mol. The van der Waals surface area contributed by atoms with Gasteiger partial charge in [-0.15, -0.1) is 0 Å². The van der Waals surface area contributed by atoms with Crippen LogP contribution in [-0.4, -0.2) is 0 Å². The van der Waals surface area contributed by atoms with Gasteiger partial charge in [0.2, 0.25) is 0 Å². The molecule has 11 rings (SSSR count). The lowest BCUT2D eigenvalue weighted by Crippen LogP contribution is -1.93. The Morgan fingerprint density at radius 3 is 1.30 bits per heavy atom. The highest BCUT2D eigenvalue weighted by Crippen LogP contribution is 2.47. The second-order valence-electron chi connectivity index (χ2n) is 14.8. The molecule has 0 nitrogen and oxygen atoms in total. The molecule has 0 atom stereocenters. The summed E-state index contributed by atoms with van der Waals surface area (Å²) < 4.78 is 0. The third kappa shape index (κ3) is 5.30. The minimum atomic E-state index is 1.22. The molecule has 56 heavy (non-hydrogen) atoms. The van der Waals surface area contributed by atoms with E-state index in [0.29, 0.717) is 0 Å². The molecule has 260 valence electrons. The predicted molar refractivity (Wildman–Crippen MR) is 241 cm³/mol. The summed E-state index contributed by atoms with van der Waals surface area (Å²) in [5, 5.41) is 12.6. The molecule has 0 aliphatic rings. The minimum absolute atomic E-state index is 1.22. The van der Waals surface area contributed by atoms with Crippen molar-refractivity contribution in [1.29, 1.82) is 0 Å². The molecule has 0 spiro atoms. The van der Waals surface area contributed by atoms with E-state index in [2.05, 4.69) is 218 Å². The zero-order valence-corrected chi connectivity index (χ0v) is 30.8. The first kappa shape index (κ1) is 32.2. The van der Waals surface area contributed by atoms with E-state index in [0.717, 1.165) is 0 Å². The Morgan fingerprint density at radius 1 is 0.179 bits per heavy atom. The molecule has 0 N–H and O–H groups in total. The molecule has 0 aliphatic heterocycles. The van der Waals surface area contributed by atoms with Crippen LogP contribution in [0.1, 0.15) is 0 Å². The molecule has 0 unspecified atom stereocenters. The number of fused-ring (bicyclic) bond motifs is 6. The Labute approximate surface area is 326 Å². The summed E-state index contributed by atoms with van der Waals surface area (Å²) in [6, 6.07) is 80.4. The molecule has 0 bridgehead atoms. The molecule has 11 aromatic carbocycles. The highest BCUT2D eigenvalue weighted by atomic mass is 14.2. The molecule has 0 amide bonds. The van der Waals surface area contributed by atoms with Crippen molar-refractivity contribution >= 4 is 53.9 Å². The quantitative estimate of drug-likeness (QED) is 0.123. The Hall–Kier alpha value is -7.28. The zero-order valence-electron chi connectivity index (χ0n) is 30.8. The summed E-state index contributed by atoms with van der Waals surface area (Å²) in [5.41, 5.74) is 12.4. The normalized spacial score (nSPS) is 11.6. The van der Waals surface area contributed by atoms with Gasteiger partial charge in [0.05, 0.1) is 0 Å². The van der Waals surface area contributed by atoms with E-state index in [4.69, 9.17) is 0 Å². The van der Waals surface area contributed by atoms with Gasteiger partial charge in [0, 0.05) is 0 Å². The number of rotatable bonds is 5. The summed E-state index contributed by atoms with van der Waals surface area (Å²) >= 11 is 0. The maximum absolute atomic E-state index is 2.44. The van der Waals surface area contributed by atoms with Gasteiger partial charge in [0.1, 0.15) is 0 Å². The monoisotopic (exact) mass is 708 g/mol. The van der Waals surface area contributed by atoms with Crippen molar-refractivity contribution in [2.45, 2.75) is 0 Å². The van der Waals surface area contributed by atoms with Gasteiger partial charge in [-0.1, -0.05) is 200 Å². The average Bonchev–Trinajstić information content (AvgIpc) is 3.28. The highest BCUT2D eigenvalue weighted by molar-refractivity contribution is 6.26. The molecule has 0 radical (unpaired) electrons. The Morgan fingerprint density at radius 2 is 0.661 bits per heavy atom. The summed E-state index contributed by atoms with van der Waals surface area (Å²) in [7, 11) is 0. The van der Waals surface area contributed by atoms with Crippen LogP contribution in [0.25, 0.3) is 109 Å². The molecule has 0 fully saturated rings. The van der Waals surface area contributed by atoms with Crippen LogP contribution in [0.5, 0.6) is 0 Å². The lowest BCUT2D eigenvalue weighted by Gasteiger charge is -2.20. The fraction of sp³-hybridized carbons (Fsp3) is 0. The van der Waals surface area contributed by atoms with Crippen LogP contribution in [-0.2, 0) is 0 Å². The fourth-order valence-electron chi connectivity index (χ4n) is 9.00. The topological polar surface area (TPSA) is 0 Å². The van der Waals surface area contributed by atoms with Crippen molar-refractivity contribution in [2.75, 3.05) is 0 Å². The third-order valence-corrected chi connectivity index (χ3v) is 11.6. The van der Waals surface area contributed by atoms with Crippen molar-refractivity contribution in [1.82, 2.24) is 0 Å². The first-order valence-corrected chi connectivity index (χ1v) is 19.4. The standard InChI is InChI=1S/C56H36/c1-3-14-37(15-4-1)42-30-31-44-36-54(53-35-43(38-16-5-2-6-17-38)32-33-47(53)52(44)34-42)56-50-23-11-9-21-48(50)55(49-22-10-12-24-51(49)56)41-28-26-40(27-29-41)46-25-13-19-39-18-7-8-20-45(39)46/h1-36H. The molecule has 0 saturated carbocycles. The van der Waals surface area contributed by atoms with Crippen molar-refractivity contribution in [3.05, 3.63) is 218 Å². The Balaban J connectivity index is 1.17. The smallest absolute Gasteiger partial charge is 0.00199 e. The van der Waals surface area contributed by atoms with Crippen molar-refractivity contribution < 1.29 is 0 Å². The van der Waals surface area contributed by atoms with E-state index in [1.54, 1.807) is 0 Å². The van der Waals surface area contributed by atoms with Crippen molar-refractivity contribution in [2.24, 2.45) is 0 Å². The van der Waals surface area contributed by atoms with Crippen LogP contribution in [0.3, 0.4) is 0 Å². The Kier molecular flexibility index (Phi) is 7.60. The minimum Gasteiger partial charge on any atom is -0.0622 e. The van der Waals surface area contributed by atoms with E-state index in [1.807, 2.05) is 0 Å². The van der Waals surface area contributed by atoms with Gasteiger partial charge in [0.15, 0.2) is 0 Å². The van der Waals surface area contributed by atoms with Crippen LogP contribution in [0.4, 0.5) is 0 Å². The van der Waals surface area contributed by atoms with Crippen LogP contribution in [0, 0.1) is 0 Å². The van der Waals surface area contributed by atoms with Gasteiger partial charge in [-0.2, -0.15) is 0 Å². The molecule has 0 heterocycles. The van der Waals surface area contributed by atoms with Gasteiger partial charge >= 0.3 is 0 Å². The van der Waals surface area contributed by atoms with Crippen molar-refractivity contribution in [3.8, 4) is 55.6 Å². The fourth-order valence-corrected chi connectivity index (χ4v) is 9.00. The largest absolute Gasteiger partial charge is 0.0622 e. The van der Waals surface area contributed by atoms with Crippen LogP contribution >= 0.6 is 0 Å². The summed E-state index contributed by atoms with van der Waals surface area (Å²) in [4.78, 5) is 0. The zero-order chi connectivity index (χ0) is 37.0. The molecule has 0 aromatic heterocycles. The van der Waals surface area contributed by atoms with Crippen molar-refractivity contribution in [3.63, 3.8) is 0 Å². The SMILES string of the molecule is c1ccc(-c2ccc3c(c2)c(-c2c4ccccc4c(-c4ccc(-c5cccc6ccccc56)cc4)c4ccccc24)cc2ccc(-c4ccccc4)cc23)cc1. The lowest BCUT2D eigenvalue weighted by atomic mass is 9.83. The first-order valence-electron chi connectivity index (χ1n) is 19.4. The van der Waals surface area contributed by atoms with E-state index in [1.165, 1.54) is 109 Å². The molecule has 0 saturated heterocycles. The van der Waals surface area contributed by atoms with Gasteiger partial charge < -0.3 is 0 Å². The van der Waals surface area contributed by atoms with E-state index >= 15 is 0 Å². The molecule has 0 aliphatic carbocycles. The lowest BCUT2D eigenvalue weighted by molar-refractivity contribution is 1.63. The third-order valence-electron chi connectivity index (χ3n) is 11.6. The van der Waals surface area contributed by atoms with Crippen LogP contribution < -0.4 is 0 Å². The number of benzene rings is 11. The highest BCUT2D eigenvalue weighted by Gasteiger charge is 2.20. The number of hydrogen-bond donors (Lipinski definition) is 0. The molecular formula is C56H36. The van der Waals surface area contributed by atoms with Gasteiger partial charge in [-0.3, -0.25) is 0 Å². The molecule has 11 aromatic rings. The second-order valence-corrected chi connectivity index (χ2v) is 14.8. The Bertz CT molecular complexity index is 3200. The second kappa shape index (κ2) is 13.2. The molecule has 0 heteroatoms. The maximum Gasteiger partial charge on any atom is -0.00199 e. The first-order chi connectivity index (χ1) is 27.8. The van der Waals surface area contributed by atoms with Crippen LogP contribution in [0.2, 0.25) is 0 Å². The van der Waals surface area contributed by atoms with Gasteiger partial charge in [-0.25, -0.2) is 0 Å². The van der Waals surface area contributed by atoms with Gasteiger partial charge in [-0.05, 0) is 128 Å². The summed E-state index contributed by atoms with van der Waals surface area (Å²) in [6.07, 6.45) is 0. The van der Waals surface area contributed by atoms with E-state index in [-0.39, 0.29) is 0 Å². The predicted octanol–water partition coefficient (Wildman–Crippen LogP) is 15.8. The van der Waals surface area contributed by atoms with E-state index < -0.39 is 0 Å². The number of hydrogen-bond acceptors (Lipinski definition) is 0. The van der Waals surface area contributed by atoms with Crippen LogP contribution in [0.15, 0.2) is 218 Å². The maximum atomic E-state index is 2.44. The van der Waals surface area contributed by atoms with Gasteiger partial charge in [0.25, 0.3) is 0 Å². The van der Waals surface area contributed by atoms with E-state index in [9.17, 15) is 0 Å². The summed E-state index contributed by atoms with van der Waals surface area (Å²) in [6.45, 7) is 0.